The molecule has 0 amide bonds. The maximum absolute atomic E-state index is 13.6. The van der Waals surface area contributed by atoms with E-state index in [0.29, 0.717) is 42.5 Å². The Hall–Kier alpha value is -2.10. The van der Waals surface area contributed by atoms with Gasteiger partial charge in [-0.05, 0) is 42.3 Å². The largest absolute Gasteiger partial charge is 0.497 e. The first-order valence-corrected chi connectivity index (χ1v) is 8.16. The second-order valence-electron chi connectivity index (χ2n) is 5.52. The van der Waals surface area contributed by atoms with E-state index in [1.54, 1.807) is 27.3 Å². The summed E-state index contributed by atoms with van der Waals surface area (Å²) in [7, 11) is 4.84. The number of hydrogen-bond donors (Lipinski definition) is 2. The molecule has 0 saturated heterocycles. The van der Waals surface area contributed by atoms with Gasteiger partial charge in [-0.25, -0.2) is 8.78 Å². The summed E-state index contributed by atoms with van der Waals surface area (Å²) >= 11 is 0. The van der Waals surface area contributed by atoms with Gasteiger partial charge in [0.05, 0.1) is 14.2 Å². The van der Waals surface area contributed by atoms with E-state index in [1.807, 2.05) is 12.1 Å². The first-order chi connectivity index (χ1) is 12.6. The molecule has 0 atom stereocenters. The van der Waals surface area contributed by atoms with E-state index in [9.17, 15) is 8.78 Å². The number of rotatable bonds is 7. The molecular formula is C19H24F2IN3O2. The van der Waals surface area contributed by atoms with Crippen molar-refractivity contribution in [3.8, 4) is 11.5 Å². The van der Waals surface area contributed by atoms with E-state index in [2.05, 4.69) is 15.6 Å². The van der Waals surface area contributed by atoms with Gasteiger partial charge in [0.1, 0.15) is 23.1 Å². The highest BCUT2D eigenvalue weighted by Crippen LogP contribution is 2.24. The van der Waals surface area contributed by atoms with Crippen LogP contribution < -0.4 is 20.1 Å². The zero-order valence-corrected chi connectivity index (χ0v) is 17.8. The van der Waals surface area contributed by atoms with E-state index < -0.39 is 11.6 Å². The van der Waals surface area contributed by atoms with Crippen molar-refractivity contribution in [2.45, 2.75) is 13.0 Å². The Morgan fingerprint density at radius 1 is 1.00 bits per heavy atom. The smallest absolute Gasteiger partial charge is 0.191 e. The number of halogens is 3. The van der Waals surface area contributed by atoms with Gasteiger partial charge in [0.15, 0.2) is 5.96 Å². The topological polar surface area (TPSA) is 54.9 Å². The molecule has 0 bridgehead atoms. The highest BCUT2D eigenvalue weighted by atomic mass is 127. The molecule has 2 rings (SSSR count). The number of guanidine groups is 1. The van der Waals surface area contributed by atoms with Gasteiger partial charge in [-0.2, -0.15) is 0 Å². The maximum Gasteiger partial charge on any atom is 0.191 e. The minimum absolute atomic E-state index is 0. The first kappa shape index (κ1) is 22.9. The van der Waals surface area contributed by atoms with Gasteiger partial charge in [-0.3, -0.25) is 4.99 Å². The summed E-state index contributed by atoms with van der Waals surface area (Å²) < 4.78 is 37.4. The molecule has 5 nitrogen and oxygen atoms in total. The molecule has 0 aromatic heterocycles. The summed E-state index contributed by atoms with van der Waals surface area (Å²) in [5.74, 6) is 1.11. The van der Waals surface area contributed by atoms with Crippen LogP contribution in [0.3, 0.4) is 0 Å². The molecule has 0 heterocycles. The molecule has 0 saturated carbocycles. The van der Waals surface area contributed by atoms with Gasteiger partial charge in [0, 0.05) is 31.8 Å². The normalized spacial score (nSPS) is 10.8. The number of hydrogen-bond acceptors (Lipinski definition) is 3. The molecule has 148 valence electrons. The molecular weight excluding hydrogens is 467 g/mol. The Labute approximate surface area is 175 Å². The molecule has 0 fully saturated rings. The van der Waals surface area contributed by atoms with Gasteiger partial charge < -0.3 is 20.1 Å². The molecule has 0 radical (unpaired) electrons. The number of benzene rings is 2. The third-order valence-corrected chi connectivity index (χ3v) is 3.86. The summed E-state index contributed by atoms with van der Waals surface area (Å²) in [5.41, 5.74) is 1.26. The fourth-order valence-electron chi connectivity index (χ4n) is 2.45. The Morgan fingerprint density at radius 3 is 2.44 bits per heavy atom. The Balaban J connectivity index is 0.00000364. The molecule has 0 spiro atoms. The molecule has 2 N–H and O–H groups in total. The third kappa shape index (κ3) is 6.85. The molecule has 0 unspecified atom stereocenters. The summed E-state index contributed by atoms with van der Waals surface area (Å²) in [6.07, 6.45) is 0.343. The van der Waals surface area contributed by atoms with Crippen LogP contribution in [0.2, 0.25) is 0 Å². The number of methoxy groups -OCH3 is 2. The SMILES string of the molecule is CN=C(NCCc1cc(F)ccc1F)NCc1ccc(OC)cc1OC.I. The first-order valence-electron chi connectivity index (χ1n) is 8.16. The highest BCUT2D eigenvalue weighted by molar-refractivity contribution is 14.0. The number of ether oxygens (including phenoxy) is 2. The van der Waals surface area contributed by atoms with Crippen molar-refractivity contribution in [3.63, 3.8) is 0 Å². The lowest BCUT2D eigenvalue weighted by atomic mass is 10.1. The van der Waals surface area contributed by atoms with Crippen molar-refractivity contribution < 1.29 is 18.3 Å². The molecule has 0 aliphatic rings. The average molecular weight is 491 g/mol. The summed E-state index contributed by atoms with van der Waals surface area (Å²) in [6.45, 7) is 0.904. The minimum Gasteiger partial charge on any atom is -0.497 e. The second-order valence-corrected chi connectivity index (χ2v) is 5.52. The van der Waals surface area contributed by atoms with E-state index in [-0.39, 0.29) is 24.0 Å². The van der Waals surface area contributed by atoms with Gasteiger partial charge in [-0.1, -0.05) is 0 Å². The van der Waals surface area contributed by atoms with Crippen molar-refractivity contribution in [2.75, 3.05) is 27.8 Å². The number of aliphatic imine (C=N–C) groups is 1. The van der Waals surface area contributed by atoms with Crippen LogP contribution in [0.5, 0.6) is 11.5 Å². The Kier molecular flexibility index (Phi) is 9.84. The van der Waals surface area contributed by atoms with Crippen LogP contribution in [-0.4, -0.2) is 33.8 Å². The van der Waals surface area contributed by atoms with Gasteiger partial charge in [0.2, 0.25) is 0 Å². The monoisotopic (exact) mass is 491 g/mol. The van der Waals surface area contributed by atoms with E-state index in [0.717, 1.165) is 17.7 Å². The highest BCUT2D eigenvalue weighted by Gasteiger charge is 2.07. The van der Waals surface area contributed by atoms with Gasteiger partial charge >= 0.3 is 0 Å². The van der Waals surface area contributed by atoms with Crippen molar-refractivity contribution >= 4 is 29.9 Å². The molecule has 2 aromatic carbocycles. The average Bonchev–Trinajstić information content (AvgIpc) is 2.66. The van der Waals surface area contributed by atoms with Crippen LogP contribution in [0.15, 0.2) is 41.4 Å². The van der Waals surface area contributed by atoms with Crippen LogP contribution in [0, 0.1) is 11.6 Å². The summed E-state index contributed by atoms with van der Waals surface area (Å²) in [5, 5.41) is 6.24. The maximum atomic E-state index is 13.6. The summed E-state index contributed by atoms with van der Waals surface area (Å²) in [4.78, 5) is 4.12. The van der Waals surface area contributed by atoms with Crippen molar-refractivity contribution in [1.29, 1.82) is 0 Å². The van der Waals surface area contributed by atoms with Crippen LogP contribution in [0.25, 0.3) is 0 Å². The fourth-order valence-corrected chi connectivity index (χ4v) is 2.45. The molecule has 2 aromatic rings. The minimum atomic E-state index is -0.449. The number of nitrogens with zero attached hydrogens (tertiary/aromatic N) is 1. The zero-order valence-electron chi connectivity index (χ0n) is 15.5. The van der Waals surface area contributed by atoms with Crippen LogP contribution in [-0.2, 0) is 13.0 Å². The molecule has 8 heteroatoms. The van der Waals surface area contributed by atoms with E-state index in [4.69, 9.17) is 9.47 Å². The van der Waals surface area contributed by atoms with Crippen molar-refractivity contribution in [3.05, 3.63) is 59.2 Å². The van der Waals surface area contributed by atoms with Crippen LogP contribution in [0.4, 0.5) is 8.78 Å². The summed E-state index contributed by atoms with van der Waals surface area (Å²) in [6, 6.07) is 9.00. The van der Waals surface area contributed by atoms with Gasteiger partial charge in [0.25, 0.3) is 0 Å². The van der Waals surface area contributed by atoms with Crippen molar-refractivity contribution in [2.24, 2.45) is 4.99 Å². The van der Waals surface area contributed by atoms with Crippen LogP contribution >= 0.6 is 24.0 Å². The lowest BCUT2D eigenvalue weighted by Crippen LogP contribution is -2.38. The zero-order chi connectivity index (χ0) is 18.9. The van der Waals surface area contributed by atoms with Gasteiger partial charge in [-0.15, -0.1) is 24.0 Å². The Bertz CT molecular complexity index is 773. The number of nitrogens with one attached hydrogen (secondary N) is 2. The van der Waals surface area contributed by atoms with Crippen LogP contribution in [0.1, 0.15) is 11.1 Å². The lowest BCUT2D eigenvalue weighted by molar-refractivity contribution is 0.390. The lowest BCUT2D eigenvalue weighted by Gasteiger charge is -2.14. The standard InChI is InChI=1S/C19H23F2N3O2.HI/c1-22-19(23-9-8-13-10-15(20)5-7-17(13)21)24-12-14-4-6-16(25-2)11-18(14)26-3;/h4-7,10-11H,8-9,12H2,1-3H3,(H2,22,23,24);1H. The third-order valence-electron chi connectivity index (χ3n) is 3.86. The van der Waals surface area contributed by atoms with E-state index in [1.165, 1.54) is 6.07 Å². The van der Waals surface area contributed by atoms with Crippen molar-refractivity contribution in [1.82, 2.24) is 10.6 Å². The fraction of sp³-hybridized carbons (Fsp3) is 0.316. The predicted molar refractivity (Wildman–Crippen MR) is 113 cm³/mol. The quantitative estimate of drug-likeness (QED) is 0.354. The predicted octanol–water partition coefficient (Wildman–Crippen LogP) is 3.51. The molecule has 0 aliphatic carbocycles. The second kappa shape index (κ2) is 11.6. The molecule has 0 aliphatic heterocycles. The molecule has 27 heavy (non-hydrogen) atoms. The Morgan fingerprint density at radius 2 is 1.78 bits per heavy atom. The van der Waals surface area contributed by atoms with E-state index >= 15 is 0 Å².